The number of amides is 2. The quantitative estimate of drug-likeness (QED) is 0.692. The molecule has 0 unspecified atom stereocenters. The van der Waals surface area contributed by atoms with Crippen molar-refractivity contribution in [1.29, 1.82) is 0 Å². The summed E-state index contributed by atoms with van der Waals surface area (Å²) in [4.78, 5) is 28.8. The van der Waals surface area contributed by atoms with Crippen molar-refractivity contribution in [2.45, 2.75) is 24.8 Å². The number of ether oxygens (including phenoxy) is 3. The lowest BCUT2D eigenvalue weighted by molar-refractivity contribution is -0.124. The number of nitrogens with zero attached hydrogens (tertiary/aromatic N) is 1. The molecule has 0 fully saturated rings. The molecule has 0 saturated carbocycles. The topological polar surface area (TPSA) is 77.1 Å². The van der Waals surface area contributed by atoms with Crippen LogP contribution >= 0.6 is 0 Å². The summed E-state index contributed by atoms with van der Waals surface area (Å²) >= 11 is 0. The maximum Gasteiger partial charge on any atom is 0.254 e. The highest BCUT2D eigenvalue weighted by molar-refractivity contribution is 6.02. The highest BCUT2D eigenvalue weighted by Gasteiger charge is 2.46. The summed E-state index contributed by atoms with van der Waals surface area (Å²) in [5.41, 5.74) is 3.37. The first-order chi connectivity index (χ1) is 15.1. The van der Waals surface area contributed by atoms with Crippen LogP contribution in [0.5, 0.6) is 11.5 Å². The molecule has 7 nitrogen and oxygen atoms in total. The molecule has 2 atom stereocenters. The van der Waals surface area contributed by atoms with Crippen LogP contribution in [0.1, 0.15) is 45.4 Å². The lowest BCUT2D eigenvalue weighted by Gasteiger charge is -2.45. The van der Waals surface area contributed by atoms with Gasteiger partial charge in [-0.25, -0.2) is 0 Å². The molecule has 2 aromatic carbocycles. The summed E-state index contributed by atoms with van der Waals surface area (Å²) in [6, 6.07) is 11.2. The highest BCUT2D eigenvalue weighted by atomic mass is 16.5. The molecule has 0 radical (unpaired) electrons. The van der Waals surface area contributed by atoms with Crippen molar-refractivity contribution in [2.24, 2.45) is 0 Å². The van der Waals surface area contributed by atoms with E-state index in [-0.39, 0.29) is 17.9 Å². The Morgan fingerprint density at radius 1 is 1.10 bits per heavy atom. The minimum absolute atomic E-state index is 0.0844. The Morgan fingerprint density at radius 3 is 2.58 bits per heavy atom. The van der Waals surface area contributed by atoms with Gasteiger partial charge in [-0.3, -0.25) is 9.59 Å². The van der Waals surface area contributed by atoms with Gasteiger partial charge in [-0.05, 0) is 41.7 Å². The first kappa shape index (κ1) is 21.2. The molecule has 0 aliphatic carbocycles. The van der Waals surface area contributed by atoms with Gasteiger partial charge >= 0.3 is 0 Å². The van der Waals surface area contributed by atoms with Gasteiger partial charge in [-0.15, -0.1) is 0 Å². The van der Waals surface area contributed by atoms with E-state index >= 15 is 0 Å². The second-order valence-corrected chi connectivity index (χ2v) is 7.80. The fourth-order valence-corrected chi connectivity index (χ4v) is 4.67. The number of hydrogen-bond donors (Lipinski definition) is 1. The zero-order valence-corrected chi connectivity index (χ0v) is 18.1. The van der Waals surface area contributed by atoms with Crippen molar-refractivity contribution < 1.29 is 23.8 Å². The van der Waals surface area contributed by atoms with Crippen LogP contribution in [0.3, 0.4) is 0 Å². The van der Waals surface area contributed by atoms with Gasteiger partial charge in [-0.1, -0.05) is 24.3 Å². The Kier molecular flexibility index (Phi) is 6.13. The summed E-state index contributed by atoms with van der Waals surface area (Å²) < 4.78 is 16.0. The van der Waals surface area contributed by atoms with Crippen LogP contribution in [0.15, 0.2) is 36.4 Å². The maximum atomic E-state index is 13.5. The maximum absolute atomic E-state index is 13.5. The number of benzene rings is 2. The number of hydrogen-bond acceptors (Lipinski definition) is 5. The summed E-state index contributed by atoms with van der Waals surface area (Å²) in [7, 11) is 4.73. The second-order valence-electron chi connectivity index (χ2n) is 7.80. The van der Waals surface area contributed by atoms with Gasteiger partial charge in [0.25, 0.3) is 5.91 Å². The fourth-order valence-electron chi connectivity index (χ4n) is 4.67. The van der Waals surface area contributed by atoms with Gasteiger partial charge in [0.05, 0.1) is 26.2 Å². The Bertz CT molecular complexity index is 990. The van der Waals surface area contributed by atoms with Gasteiger partial charge in [0.2, 0.25) is 5.91 Å². The number of rotatable bonds is 7. The SMILES string of the molecule is COCCCNC(=O)[C@@H]1c2cc(OC)c(OC)cc2C(=O)N2CCc3ccccc3[C@@H]12. The molecule has 2 aliphatic heterocycles. The van der Waals surface area contributed by atoms with E-state index in [1.807, 2.05) is 23.1 Å². The van der Waals surface area contributed by atoms with Gasteiger partial charge in [0, 0.05) is 32.4 Å². The molecule has 164 valence electrons. The molecule has 0 aromatic heterocycles. The van der Waals surface area contributed by atoms with Gasteiger partial charge in [-0.2, -0.15) is 0 Å². The van der Waals surface area contributed by atoms with Gasteiger partial charge in [0.1, 0.15) is 0 Å². The third-order valence-electron chi connectivity index (χ3n) is 6.14. The van der Waals surface area contributed by atoms with Crippen LogP contribution in [0.2, 0.25) is 0 Å². The van der Waals surface area contributed by atoms with E-state index in [0.717, 1.165) is 18.4 Å². The van der Waals surface area contributed by atoms with Crippen LogP contribution in [0.4, 0.5) is 0 Å². The van der Waals surface area contributed by atoms with E-state index in [1.165, 1.54) is 12.7 Å². The van der Waals surface area contributed by atoms with Crippen molar-refractivity contribution in [3.8, 4) is 11.5 Å². The number of nitrogens with one attached hydrogen (secondary N) is 1. The molecule has 0 bridgehead atoms. The monoisotopic (exact) mass is 424 g/mol. The molecule has 2 aliphatic rings. The lowest BCUT2D eigenvalue weighted by Crippen LogP contribution is -2.50. The Morgan fingerprint density at radius 2 is 1.84 bits per heavy atom. The summed E-state index contributed by atoms with van der Waals surface area (Å²) in [5.74, 6) is 0.243. The van der Waals surface area contributed by atoms with Crippen molar-refractivity contribution in [3.63, 3.8) is 0 Å². The molecule has 31 heavy (non-hydrogen) atoms. The van der Waals surface area contributed by atoms with Crippen molar-refractivity contribution in [1.82, 2.24) is 10.2 Å². The lowest BCUT2D eigenvalue weighted by atomic mass is 9.75. The summed E-state index contributed by atoms with van der Waals surface area (Å²) in [5, 5.41) is 3.04. The first-order valence-corrected chi connectivity index (χ1v) is 10.5. The predicted octanol–water partition coefficient (Wildman–Crippen LogP) is 2.69. The fraction of sp³-hybridized carbons (Fsp3) is 0.417. The third kappa shape index (κ3) is 3.74. The Labute approximate surface area is 182 Å². The van der Waals surface area contributed by atoms with E-state index in [1.54, 1.807) is 26.4 Å². The number of methoxy groups -OCH3 is 3. The average Bonchev–Trinajstić information content (AvgIpc) is 2.81. The largest absolute Gasteiger partial charge is 0.493 e. The molecule has 4 rings (SSSR count). The van der Waals surface area contributed by atoms with Gasteiger partial charge < -0.3 is 24.4 Å². The molecule has 7 heteroatoms. The predicted molar refractivity (Wildman–Crippen MR) is 116 cm³/mol. The third-order valence-corrected chi connectivity index (χ3v) is 6.14. The number of fused-ring (bicyclic) bond motifs is 4. The standard InChI is InChI=1S/C24H28N2O5/c1-29-12-6-10-25-23(27)21-17-13-19(30-2)20(31-3)14-18(17)24(28)26-11-9-15-7-4-5-8-16(15)22(21)26/h4-5,7-8,13-14,21-22H,6,9-12H2,1-3H3,(H,25,27)/t21-,22+/m1/s1. The van der Waals surface area contributed by atoms with Crippen LogP contribution in [0, 0.1) is 0 Å². The minimum Gasteiger partial charge on any atom is -0.493 e. The van der Waals surface area contributed by atoms with Crippen molar-refractivity contribution >= 4 is 11.8 Å². The second kappa shape index (κ2) is 8.98. The molecule has 0 spiro atoms. The summed E-state index contributed by atoms with van der Waals surface area (Å²) in [6.45, 7) is 1.65. The molecule has 2 aromatic rings. The molecular weight excluding hydrogens is 396 g/mol. The van der Waals surface area contributed by atoms with Crippen LogP contribution < -0.4 is 14.8 Å². The molecule has 2 amide bonds. The zero-order chi connectivity index (χ0) is 22.0. The Balaban J connectivity index is 1.82. The van der Waals surface area contributed by atoms with Crippen LogP contribution in [-0.4, -0.2) is 57.7 Å². The smallest absolute Gasteiger partial charge is 0.254 e. The minimum atomic E-state index is -0.545. The van der Waals surface area contributed by atoms with E-state index in [0.29, 0.717) is 42.3 Å². The number of carbonyl (C=O) groups excluding carboxylic acids is 2. The first-order valence-electron chi connectivity index (χ1n) is 10.5. The zero-order valence-electron chi connectivity index (χ0n) is 18.1. The highest BCUT2D eigenvalue weighted by Crippen LogP contribution is 2.48. The molecule has 1 N–H and O–H groups in total. The van der Waals surface area contributed by atoms with E-state index in [9.17, 15) is 9.59 Å². The molecule has 0 saturated heterocycles. The normalized spacial score (nSPS) is 19.2. The van der Waals surface area contributed by atoms with Gasteiger partial charge in [0.15, 0.2) is 11.5 Å². The summed E-state index contributed by atoms with van der Waals surface area (Å²) in [6.07, 6.45) is 1.49. The molecular formula is C24H28N2O5. The van der Waals surface area contributed by atoms with Crippen LogP contribution in [-0.2, 0) is 16.0 Å². The molecule has 2 heterocycles. The average molecular weight is 424 g/mol. The van der Waals surface area contributed by atoms with E-state index in [2.05, 4.69) is 11.4 Å². The number of carbonyl (C=O) groups is 2. The van der Waals surface area contributed by atoms with Crippen molar-refractivity contribution in [3.05, 3.63) is 58.7 Å². The van der Waals surface area contributed by atoms with Crippen molar-refractivity contribution in [2.75, 3.05) is 41.0 Å². The van der Waals surface area contributed by atoms with E-state index < -0.39 is 5.92 Å². The Hall–Kier alpha value is -3.06. The van der Waals surface area contributed by atoms with Crippen LogP contribution in [0.25, 0.3) is 0 Å². The van der Waals surface area contributed by atoms with E-state index in [4.69, 9.17) is 14.2 Å².